The number of amides is 1. The Bertz CT molecular complexity index is 956. The molecule has 1 aliphatic rings. The van der Waals surface area contributed by atoms with Crippen LogP contribution in [-0.4, -0.2) is 46.5 Å². The molecule has 2 aromatic heterocycles. The number of hydrogen-bond donors (Lipinski definition) is 0. The van der Waals surface area contributed by atoms with Gasteiger partial charge in [0.1, 0.15) is 17.5 Å². The molecule has 0 atom stereocenters. The second kappa shape index (κ2) is 7.62. The second-order valence-electron chi connectivity index (χ2n) is 6.86. The summed E-state index contributed by atoms with van der Waals surface area (Å²) < 4.78 is 1.52. The summed E-state index contributed by atoms with van der Waals surface area (Å²) in [5, 5.41) is 8.89. The van der Waals surface area contributed by atoms with E-state index in [9.17, 15) is 9.59 Å². The molecule has 0 spiro atoms. The summed E-state index contributed by atoms with van der Waals surface area (Å²) >= 11 is 0. The first-order chi connectivity index (χ1) is 12.9. The maximum atomic E-state index is 13.0. The molecule has 0 radical (unpaired) electrons. The number of nitriles is 1. The van der Waals surface area contributed by atoms with Crippen molar-refractivity contribution in [1.82, 2.24) is 14.5 Å². The molecule has 27 heavy (non-hydrogen) atoms. The standard InChI is InChI=1S/C20H23N5O2/c1-14-11-15(2)23(3)19(26)18(14)20(27)25-8-4-7-24(9-10-25)17-6-5-16(12-21)13-22-17/h5-6,11,13H,4,7-10H2,1-3H3. The summed E-state index contributed by atoms with van der Waals surface area (Å²) in [6.45, 7) is 6.20. The zero-order valence-corrected chi connectivity index (χ0v) is 15.9. The van der Waals surface area contributed by atoms with E-state index in [-0.39, 0.29) is 17.0 Å². The molecule has 0 bridgehead atoms. The molecular weight excluding hydrogens is 342 g/mol. The number of aromatic nitrogens is 2. The lowest BCUT2D eigenvalue weighted by atomic mass is 10.1. The fourth-order valence-corrected chi connectivity index (χ4v) is 3.39. The number of hydrogen-bond acceptors (Lipinski definition) is 5. The van der Waals surface area contributed by atoms with Gasteiger partial charge in [-0.15, -0.1) is 0 Å². The van der Waals surface area contributed by atoms with Crippen LogP contribution in [0.2, 0.25) is 0 Å². The highest BCUT2D eigenvalue weighted by molar-refractivity contribution is 5.95. The molecule has 0 aliphatic carbocycles. The Kier molecular flexibility index (Phi) is 5.26. The Morgan fingerprint density at radius 1 is 1.19 bits per heavy atom. The topological polar surface area (TPSA) is 82.2 Å². The number of nitrogens with zero attached hydrogens (tertiary/aromatic N) is 5. The normalized spacial score (nSPS) is 14.6. The number of anilines is 1. The smallest absolute Gasteiger partial charge is 0.263 e. The van der Waals surface area contributed by atoms with Crippen LogP contribution < -0.4 is 10.5 Å². The lowest BCUT2D eigenvalue weighted by molar-refractivity contribution is 0.0764. The Hall–Kier alpha value is -3.14. The molecule has 1 amide bonds. The Morgan fingerprint density at radius 2 is 1.96 bits per heavy atom. The van der Waals surface area contributed by atoms with E-state index in [2.05, 4.69) is 16.0 Å². The first kappa shape index (κ1) is 18.6. The molecule has 0 unspecified atom stereocenters. The van der Waals surface area contributed by atoms with Crippen LogP contribution in [0, 0.1) is 25.2 Å². The van der Waals surface area contributed by atoms with Crippen LogP contribution in [0.1, 0.15) is 33.6 Å². The van der Waals surface area contributed by atoms with Crippen molar-refractivity contribution in [2.24, 2.45) is 7.05 Å². The molecule has 1 saturated heterocycles. The molecule has 0 saturated carbocycles. The third kappa shape index (κ3) is 3.70. The molecule has 140 valence electrons. The van der Waals surface area contributed by atoms with Gasteiger partial charge in [0.05, 0.1) is 5.56 Å². The van der Waals surface area contributed by atoms with Crippen molar-refractivity contribution >= 4 is 11.7 Å². The van der Waals surface area contributed by atoms with Crippen LogP contribution in [-0.2, 0) is 7.05 Å². The molecule has 1 fully saturated rings. The van der Waals surface area contributed by atoms with Crippen LogP contribution >= 0.6 is 0 Å². The minimum atomic E-state index is -0.243. The van der Waals surface area contributed by atoms with E-state index in [1.165, 1.54) is 4.57 Å². The lowest BCUT2D eigenvalue weighted by Gasteiger charge is -2.23. The molecule has 3 heterocycles. The quantitative estimate of drug-likeness (QED) is 0.808. The van der Waals surface area contributed by atoms with Crippen molar-refractivity contribution in [3.63, 3.8) is 0 Å². The minimum absolute atomic E-state index is 0.206. The number of pyridine rings is 2. The van der Waals surface area contributed by atoms with Gasteiger partial charge in [0.15, 0.2) is 0 Å². The summed E-state index contributed by atoms with van der Waals surface area (Å²) in [4.78, 5) is 33.8. The summed E-state index contributed by atoms with van der Waals surface area (Å²) in [6.07, 6.45) is 2.35. The van der Waals surface area contributed by atoms with Gasteiger partial charge in [0.2, 0.25) is 0 Å². The van der Waals surface area contributed by atoms with E-state index in [1.807, 2.05) is 26.0 Å². The van der Waals surface area contributed by atoms with Gasteiger partial charge < -0.3 is 14.4 Å². The van der Waals surface area contributed by atoms with E-state index in [4.69, 9.17) is 5.26 Å². The van der Waals surface area contributed by atoms with Crippen molar-refractivity contribution < 1.29 is 4.79 Å². The monoisotopic (exact) mass is 365 g/mol. The number of carbonyl (C=O) groups excluding carboxylic acids is 1. The average molecular weight is 365 g/mol. The molecular formula is C20H23N5O2. The van der Waals surface area contributed by atoms with Gasteiger partial charge in [-0.2, -0.15) is 5.26 Å². The molecule has 0 N–H and O–H groups in total. The maximum absolute atomic E-state index is 13.0. The summed E-state index contributed by atoms with van der Waals surface area (Å²) in [5.41, 5.74) is 2.09. The van der Waals surface area contributed by atoms with Crippen LogP contribution in [0.3, 0.4) is 0 Å². The van der Waals surface area contributed by atoms with Gasteiger partial charge >= 0.3 is 0 Å². The molecule has 1 aliphatic heterocycles. The van der Waals surface area contributed by atoms with Crippen molar-refractivity contribution in [2.45, 2.75) is 20.3 Å². The fraction of sp³-hybridized carbons (Fsp3) is 0.400. The highest BCUT2D eigenvalue weighted by Crippen LogP contribution is 2.16. The molecule has 7 nitrogen and oxygen atoms in total. The van der Waals surface area contributed by atoms with Gasteiger partial charge in [-0.3, -0.25) is 9.59 Å². The summed E-state index contributed by atoms with van der Waals surface area (Å²) in [5.74, 6) is 0.591. The van der Waals surface area contributed by atoms with Crippen LogP contribution in [0.15, 0.2) is 29.2 Å². The zero-order chi connectivity index (χ0) is 19.6. The van der Waals surface area contributed by atoms with E-state index < -0.39 is 0 Å². The van der Waals surface area contributed by atoms with Crippen molar-refractivity contribution in [1.29, 1.82) is 5.26 Å². The van der Waals surface area contributed by atoms with Crippen LogP contribution in [0.4, 0.5) is 5.82 Å². The second-order valence-corrected chi connectivity index (χ2v) is 6.86. The molecule has 2 aromatic rings. The summed E-state index contributed by atoms with van der Waals surface area (Å²) in [7, 11) is 1.69. The van der Waals surface area contributed by atoms with E-state index >= 15 is 0 Å². The lowest BCUT2D eigenvalue weighted by Crippen LogP contribution is -2.39. The fourth-order valence-electron chi connectivity index (χ4n) is 3.39. The predicted molar refractivity (Wildman–Crippen MR) is 103 cm³/mol. The SMILES string of the molecule is Cc1cc(C)n(C)c(=O)c1C(=O)N1CCCN(c2ccc(C#N)cn2)CC1. The highest BCUT2D eigenvalue weighted by atomic mass is 16.2. The van der Waals surface area contributed by atoms with Gasteiger partial charge in [0, 0.05) is 45.1 Å². The van der Waals surface area contributed by atoms with Crippen molar-refractivity contribution in [3.05, 3.63) is 57.1 Å². The molecule has 3 rings (SSSR count). The third-order valence-electron chi connectivity index (χ3n) is 5.07. The van der Waals surface area contributed by atoms with Gasteiger partial charge in [-0.05, 0) is 44.0 Å². The average Bonchev–Trinajstić information content (AvgIpc) is 2.92. The third-order valence-corrected chi connectivity index (χ3v) is 5.07. The van der Waals surface area contributed by atoms with Crippen molar-refractivity contribution in [2.75, 3.05) is 31.1 Å². The zero-order valence-electron chi connectivity index (χ0n) is 15.9. The number of carbonyl (C=O) groups is 1. The van der Waals surface area contributed by atoms with Crippen molar-refractivity contribution in [3.8, 4) is 6.07 Å². The Labute approximate surface area is 158 Å². The Balaban J connectivity index is 1.78. The molecule has 0 aromatic carbocycles. The van der Waals surface area contributed by atoms with Gasteiger partial charge in [-0.1, -0.05) is 0 Å². The minimum Gasteiger partial charge on any atom is -0.355 e. The highest BCUT2D eigenvalue weighted by Gasteiger charge is 2.25. The van der Waals surface area contributed by atoms with E-state index in [0.29, 0.717) is 25.2 Å². The van der Waals surface area contributed by atoms with Gasteiger partial charge in [0.25, 0.3) is 11.5 Å². The van der Waals surface area contributed by atoms with E-state index in [1.54, 1.807) is 24.2 Å². The Morgan fingerprint density at radius 3 is 2.63 bits per heavy atom. The number of aryl methyl sites for hydroxylation is 2. The van der Waals surface area contributed by atoms with E-state index in [0.717, 1.165) is 30.0 Å². The van der Waals surface area contributed by atoms with Crippen LogP contribution in [0.25, 0.3) is 0 Å². The first-order valence-corrected chi connectivity index (χ1v) is 9.00. The van der Waals surface area contributed by atoms with Crippen LogP contribution in [0.5, 0.6) is 0 Å². The van der Waals surface area contributed by atoms with Gasteiger partial charge in [-0.25, -0.2) is 4.98 Å². The number of rotatable bonds is 2. The predicted octanol–water partition coefficient (Wildman–Crippen LogP) is 1.62. The maximum Gasteiger partial charge on any atom is 0.263 e. The summed E-state index contributed by atoms with van der Waals surface area (Å²) in [6, 6.07) is 7.51. The molecule has 7 heteroatoms. The first-order valence-electron chi connectivity index (χ1n) is 9.00. The largest absolute Gasteiger partial charge is 0.355 e.